The molecule has 0 spiro atoms. The minimum Gasteiger partial charge on any atom is -0.492 e. The van der Waals surface area contributed by atoms with Gasteiger partial charge in [-0.1, -0.05) is 35.8 Å². The van der Waals surface area contributed by atoms with Crippen molar-refractivity contribution in [3.8, 4) is 5.75 Å². The van der Waals surface area contributed by atoms with E-state index in [0.29, 0.717) is 0 Å². The van der Waals surface area contributed by atoms with Gasteiger partial charge in [-0.15, -0.1) is 0 Å². The Hall–Kier alpha value is -0.540. The SMILES string of the molecule is CCCN(CCC)CCOc1cccc(Br)c1. The van der Waals surface area contributed by atoms with Crippen molar-refractivity contribution in [3.63, 3.8) is 0 Å². The van der Waals surface area contributed by atoms with Gasteiger partial charge in [-0.05, 0) is 44.1 Å². The van der Waals surface area contributed by atoms with Crippen LogP contribution in [0.2, 0.25) is 0 Å². The first-order valence-corrected chi connectivity index (χ1v) is 7.16. The predicted molar refractivity (Wildman–Crippen MR) is 76.7 cm³/mol. The number of ether oxygens (including phenoxy) is 1. The van der Waals surface area contributed by atoms with Crippen LogP contribution in [0.1, 0.15) is 26.7 Å². The Morgan fingerprint density at radius 3 is 2.41 bits per heavy atom. The summed E-state index contributed by atoms with van der Waals surface area (Å²) in [6, 6.07) is 8.00. The molecule has 1 rings (SSSR count). The minimum atomic E-state index is 0.760. The van der Waals surface area contributed by atoms with Gasteiger partial charge >= 0.3 is 0 Å². The van der Waals surface area contributed by atoms with E-state index < -0.39 is 0 Å². The van der Waals surface area contributed by atoms with Crippen LogP contribution in [0.25, 0.3) is 0 Å². The molecule has 0 aliphatic heterocycles. The summed E-state index contributed by atoms with van der Waals surface area (Å²) in [5.41, 5.74) is 0. The summed E-state index contributed by atoms with van der Waals surface area (Å²) >= 11 is 3.44. The largest absolute Gasteiger partial charge is 0.492 e. The number of hydrogen-bond acceptors (Lipinski definition) is 2. The van der Waals surface area contributed by atoms with E-state index in [0.717, 1.165) is 36.5 Å². The van der Waals surface area contributed by atoms with Crippen LogP contribution in [-0.2, 0) is 0 Å². The van der Waals surface area contributed by atoms with Crippen LogP contribution in [0.15, 0.2) is 28.7 Å². The molecule has 0 saturated heterocycles. The van der Waals surface area contributed by atoms with Gasteiger partial charge in [-0.2, -0.15) is 0 Å². The monoisotopic (exact) mass is 299 g/mol. The Morgan fingerprint density at radius 1 is 1.12 bits per heavy atom. The lowest BCUT2D eigenvalue weighted by atomic mass is 10.3. The molecule has 0 saturated carbocycles. The molecule has 0 aliphatic rings. The second kappa shape index (κ2) is 8.54. The van der Waals surface area contributed by atoms with Gasteiger partial charge in [-0.3, -0.25) is 4.90 Å². The third-order valence-electron chi connectivity index (χ3n) is 2.55. The van der Waals surface area contributed by atoms with E-state index in [4.69, 9.17) is 4.74 Å². The van der Waals surface area contributed by atoms with Gasteiger partial charge in [0.05, 0.1) is 0 Å². The average molecular weight is 300 g/mol. The first-order valence-electron chi connectivity index (χ1n) is 6.37. The van der Waals surface area contributed by atoms with Crippen LogP contribution in [0, 0.1) is 0 Å². The van der Waals surface area contributed by atoms with E-state index in [1.54, 1.807) is 0 Å². The molecule has 0 amide bonds. The highest BCUT2D eigenvalue weighted by Crippen LogP contribution is 2.17. The summed E-state index contributed by atoms with van der Waals surface area (Å²) in [6.45, 7) is 8.53. The molecule has 2 nitrogen and oxygen atoms in total. The highest BCUT2D eigenvalue weighted by molar-refractivity contribution is 9.10. The first kappa shape index (κ1) is 14.5. The van der Waals surface area contributed by atoms with Crippen LogP contribution in [0.4, 0.5) is 0 Å². The quantitative estimate of drug-likeness (QED) is 0.721. The zero-order chi connectivity index (χ0) is 12.5. The maximum Gasteiger partial charge on any atom is 0.120 e. The molecule has 1 aromatic carbocycles. The molecule has 0 unspecified atom stereocenters. The lowest BCUT2D eigenvalue weighted by Gasteiger charge is -2.20. The minimum absolute atomic E-state index is 0.760. The number of nitrogens with zero attached hydrogens (tertiary/aromatic N) is 1. The summed E-state index contributed by atoms with van der Waals surface area (Å²) in [5, 5.41) is 0. The fourth-order valence-electron chi connectivity index (χ4n) is 1.82. The second-order valence-electron chi connectivity index (χ2n) is 4.15. The van der Waals surface area contributed by atoms with Gasteiger partial charge < -0.3 is 4.74 Å². The van der Waals surface area contributed by atoms with Crippen molar-refractivity contribution in [1.29, 1.82) is 0 Å². The molecule has 0 radical (unpaired) electrons. The predicted octanol–water partition coefficient (Wildman–Crippen LogP) is 3.95. The molecule has 0 aliphatic carbocycles. The number of rotatable bonds is 8. The smallest absolute Gasteiger partial charge is 0.120 e. The van der Waals surface area contributed by atoms with Crippen LogP contribution < -0.4 is 4.74 Å². The molecule has 96 valence electrons. The Morgan fingerprint density at radius 2 is 1.82 bits per heavy atom. The molecule has 0 N–H and O–H groups in total. The van der Waals surface area contributed by atoms with Gasteiger partial charge in [0.2, 0.25) is 0 Å². The number of halogens is 1. The van der Waals surface area contributed by atoms with Crippen LogP contribution in [0.3, 0.4) is 0 Å². The van der Waals surface area contributed by atoms with Crippen molar-refractivity contribution in [2.75, 3.05) is 26.2 Å². The number of hydrogen-bond donors (Lipinski definition) is 0. The Balaban J connectivity index is 2.30. The van der Waals surface area contributed by atoms with Crippen LogP contribution >= 0.6 is 15.9 Å². The zero-order valence-electron chi connectivity index (χ0n) is 10.8. The third kappa shape index (κ3) is 6.08. The van der Waals surface area contributed by atoms with E-state index in [9.17, 15) is 0 Å². The lowest BCUT2D eigenvalue weighted by Crippen LogP contribution is -2.30. The third-order valence-corrected chi connectivity index (χ3v) is 3.05. The summed E-state index contributed by atoms with van der Waals surface area (Å²) < 4.78 is 6.80. The van der Waals surface area contributed by atoms with E-state index in [1.807, 2.05) is 24.3 Å². The van der Waals surface area contributed by atoms with Gasteiger partial charge in [0.1, 0.15) is 12.4 Å². The van der Waals surface area contributed by atoms with E-state index in [2.05, 4.69) is 34.7 Å². The summed E-state index contributed by atoms with van der Waals surface area (Å²) in [4.78, 5) is 2.46. The van der Waals surface area contributed by atoms with E-state index >= 15 is 0 Å². The number of benzene rings is 1. The van der Waals surface area contributed by atoms with Crippen molar-refractivity contribution < 1.29 is 4.74 Å². The maximum absolute atomic E-state index is 5.74. The molecule has 0 atom stereocenters. The van der Waals surface area contributed by atoms with Gasteiger partial charge in [0.25, 0.3) is 0 Å². The van der Waals surface area contributed by atoms with Gasteiger partial charge in [-0.25, -0.2) is 0 Å². The normalized spacial score (nSPS) is 10.8. The molecular formula is C14H22BrNO. The Kier molecular flexibility index (Phi) is 7.29. The van der Waals surface area contributed by atoms with Crippen molar-refractivity contribution in [1.82, 2.24) is 4.90 Å². The Bertz CT molecular complexity index is 311. The van der Waals surface area contributed by atoms with Gasteiger partial charge in [0.15, 0.2) is 0 Å². The van der Waals surface area contributed by atoms with Crippen molar-refractivity contribution in [2.24, 2.45) is 0 Å². The highest BCUT2D eigenvalue weighted by Gasteiger charge is 2.02. The molecular weight excluding hydrogens is 278 g/mol. The maximum atomic E-state index is 5.74. The van der Waals surface area contributed by atoms with Gasteiger partial charge in [0, 0.05) is 11.0 Å². The Labute approximate surface area is 113 Å². The lowest BCUT2D eigenvalue weighted by molar-refractivity contribution is 0.209. The molecule has 1 aromatic rings. The zero-order valence-corrected chi connectivity index (χ0v) is 12.4. The molecule has 0 aromatic heterocycles. The van der Waals surface area contributed by atoms with E-state index in [1.165, 1.54) is 12.8 Å². The standard InChI is InChI=1S/C14H22BrNO/c1-3-8-16(9-4-2)10-11-17-14-7-5-6-13(15)12-14/h5-7,12H,3-4,8-11H2,1-2H3. The summed E-state index contributed by atoms with van der Waals surface area (Å²) in [5.74, 6) is 0.937. The first-order chi connectivity index (χ1) is 8.26. The highest BCUT2D eigenvalue weighted by atomic mass is 79.9. The fourth-order valence-corrected chi connectivity index (χ4v) is 2.20. The molecule has 0 heterocycles. The van der Waals surface area contributed by atoms with Crippen molar-refractivity contribution in [3.05, 3.63) is 28.7 Å². The van der Waals surface area contributed by atoms with Crippen molar-refractivity contribution in [2.45, 2.75) is 26.7 Å². The second-order valence-corrected chi connectivity index (χ2v) is 5.06. The summed E-state index contributed by atoms with van der Waals surface area (Å²) in [7, 11) is 0. The van der Waals surface area contributed by atoms with Crippen molar-refractivity contribution >= 4 is 15.9 Å². The molecule has 0 fully saturated rings. The molecule has 3 heteroatoms. The van der Waals surface area contributed by atoms with Crippen LogP contribution in [0.5, 0.6) is 5.75 Å². The van der Waals surface area contributed by atoms with Crippen LogP contribution in [-0.4, -0.2) is 31.1 Å². The topological polar surface area (TPSA) is 12.5 Å². The molecule has 17 heavy (non-hydrogen) atoms. The summed E-state index contributed by atoms with van der Waals surface area (Å²) in [6.07, 6.45) is 2.41. The average Bonchev–Trinajstić information content (AvgIpc) is 2.30. The molecule has 0 bridgehead atoms. The fraction of sp³-hybridized carbons (Fsp3) is 0.571. The van der Waals surface area contributed by atoms with E-state index in [-0.39, 0.29) is 0 Å².